The fourth-order valence-corrected chi connectivity index (χ4v) is 3.44. The molecule has 146 valence electrons. The highest BCUT2D eigenvalue weighted by molar-refractivity contribution is 5.81. The second-order valence-electron chi connectivity index (χ2n) is 6.75. The first-order valence-corrected chi connectivity index (χ1v) is 8.82. The number of benzene rings is 1. The molecular formula is C18H22FN3O5. The SMILES string of the molecule is CC(=O)NCC1CC(c2ccc(N3CCN(C(=O)O)CC3)c(F)c2)C(=O)O1. The molecule has 2 atom stereocenters. The molecule has 2 aliphatic rings. The van der Waals surface area contributed by atoms with E-state index >= 15 is 0 Å². The number of piperazine rings is 1. The lowest BCUT2D eigenvalue weighted by Crippen LogP contribution is -2.48. The highest BCUT2D eigenvalue weighted by Gasteiger charge is 2.36. The van der Waals surface area contributed by atoms with E-state index in [1.807, 2.05) is 0 Å². The van der Waals surface area contributed by atoms with Crippen LogP contribution < -0.4 is 10.2 Å². The molecule has 0 radical (unpaired) electrons. The molecule has 2 aliphatic heterocycles. The van der Waals surface area contributed by atoms with E-state index in [0.717, 1.165) is 0 Å². The fraction of sp³-hybridized carbons (Fsp3) is 0.500. The van der Waals surface area contributed by atoms with Gasteiger partial charge in [0, 0.05) is 39.5 Å². The first kappa shape index (κ1) is 18.9. The van der Waals surface area contributed by atoms with Gasteiger partial charge in [-0.1, -0.05) is 6.07 Å². The van der Waals surface area contributed by atoms with Gasteiger partial charge in [-0.2, -0.15) is 0 Å². The predicted octanol–water partition coefficient (Wildman–Crippen LogP) is 1.16. The summed E-state index contributed by atoms with van der Waals surface area (Å²) in [5.41, 5.74) is 0.931. The number of nitrogens with zero attached hydrogens (tertiary/aromatic N) is 2. The minimum atomic E-state index is -0.973. The van der Waals surface area contributed by atoms with Gasteiger partial charge in [0.15, 0.2) is 0 Å². The van der Waals surface area contributed by atoms with E-state index < -0.39 is 29.9 Å². The molecule has 2 unspecified atom stereocenters. The molecule has 2 N–H and O–H groups in total. The second kappa shape index (κ2) is 7.81. The van der Waals surface area contributed by atoms with E-state index in [4.69, 9.17) is 9.84 Å². The van der Waals surface area contributed by atoms with Gasteiger partial charge in [0.05, 0.1) is 18.2 Å². The molecule has 2 heterocycles. The van der Waals surface area contributed by atoms with Crippen molar-refractivity contribution < 1.29 is 28.6 Å². The molecule has 27 heavy (non-hydrogen) atoms. The van der Waals surface area contributed by atoms with Crippen LogP contribution >= 0.6 is 0 Å². The van der Waals surface area contributed by atoms with E-state index in [1.54, 1.807) is 17.0 Å². The van der Waals surface area contributed by atoms with E-state index in [9.17, 15) is 18.8 Å². The summed E-state index contributed by atoms with van der Waals surface area (Å²) < 4.78 is 19.9. The third-order valence-corrected chi connectivity index (χ3v) is 4.91. The number of hydrogen-bond acceptors (Lipinski definition) is 5. The van der Waals surface area contributed by atoms with Gasteiger partial charge in [0.25, 0.3) is 0 Å². The Labute approximate surface area is 155 Å². The molecule has 0 aromatic heterocycles. The van der Waals surface area contributed by atoms with Crippen molar-refractivity contribution >= 4 is 23.7 Å². The van der Waals surface area contributed by atoms with E-state index in [-0.39, 0.29) is 12.5 Å². The summed E-state index contributed by atoms with van der Waals surface area (Å²) in [6.45, 7) is 3.08. The van der Waals surface area contributed by atoms with Gasteiger partial charge >= 0.3 is 12.1 Å². The number of carbonyl (C=O) groups is 3. The number of nitrogens with one attached hydrogen (secondary N) is 1. The van der Waals surface area contributed by atoms with Crippen molar-refractivity contribution in [2.75, 3.05) is 37.6 Å². The second-order valence-corrected chi connectivity index (χ2v) is 6.75. The number of carbonyl (C=O) groups excluding carboxylic acids is 2. The zero-order valence-corrected chi connectivity index (χ0v) is 15.0. The first-order chi connectivity index (χ1) is 12.8. The number of cyclic esters (lactones) is 1. The van der Waals surface area contributed by atoms with Crippen molar-refractivity contribution in [1.29, 1.82) is 0 Å². The predicted molar refractivity (Wildman–Crippen MR) is 94.1 cm³/mol. The Kier molecular flexibility index (Phi) is 5.48. The van der Waals surface area contributed by atoms with E-state index in [0.29, 0.717) is 43.9 Å². The number of rotatable bonds is 4. The molecular weight excluding hydrogens is 357 g/mol. The first-order valence-electron chi connectivity index (χ1n) is 8.82. The van der Waals surface area contributed by atoms with E-state index in [2.05, 4.69) is 5.32 Å². The van der Waals surface area contributed by atoms with Crippen LogP contribution in [0.4, 0.5) is 14.9 Å². The maximum Gasteiger partial charge on any atom is 0.407 e. The lowest BCUT2D eigenvalue weighted by atomic mass is 9.95. The number of halogens is 1. The molecule has 1 aromatic rings. The molecule has 9 heteroatoms. The van der Waals surface area contributed by atoms with Crippen LogP contribution in [0.2, 0.25) is 0 Å². The molecule has 2 fully saturated rings. The van der Waals surface area contributed by atoms with Gasteiger partial charge in [-0.25, -0.2) is 9.18 Å². The van der Waals surface area contributed by atoms with Gasteiger partial charge in [-0.15, -0.1) is 0 Å². The third kappa shape index (κ3) is 4.29. The smallest absolute Gasteiger partial charge is 0.407 e. The van der Waals surface area contributed by atoms with Crippen LogP contribution in [0.1, 0.15) is 24.8 Å². The Morgan fingerprint density at radius 3 is 2.59 bits per heavy atom. The lowest BCUT2D eigenvalue weighted by Gasteiger charge is -2.34. The lowest BCUT2D eigenvalue weighted by molar-refractivity contribution is -0.142. The average Bonchev–Trinajstić information content (AvgIpc) is 3.01. The standard InChI is InChI=1S/C18H22FN3O5/c1-11(23)20-10-13-9-14(17(24)27-13)12-2-3-16(15(19)8-12)21-4-6-22(7-5-21)18(25)26/h2-3,8,13-14H,4-7,9-10H2,1H3,(H,20,23)(H,25,26). The normalized spacial score (nSPS) is 22.5. The molecule has 2 saturated heterocycles. The van der Waals surface area contributed by atoms with E-state index in [1.165, 1.54) is 17.9 Å². The zero-order valence-electron chi connectivity index (χ0n) is 15.0. The van der Waals surface area contributed by atoms with Gasteiger partial charge < -0.3 is 25.0 Å². The monoisotopic (exact) mass is 379 g/mol. The Morgan fingerprint density at radius 1 is 1.30 bits per heavy atom. The van der Waals surface area contributed by atoms with Crippen LogP contribution in [0.3, 0.4) is 0 Å². The highest BCUT2D eigenvalue weighted by Crippen LogP contribution is 2.33. The van der Waals surface area contributed by atoms with Crippen LogP contribution in [-0.4, -0.2) is 66.8 Å². The number of ether oxygens (including phenoxy) is 1. The maximum absolute atomic E-state index is 14.6. The van der Waals surface area contributed by atoms with Gasteiger partial charge in [-0.3, -0.25) is 9.59 Å². The summed E-state index contributed by atoms with van der Waals surface area (Å²) in [5.74, 6) is -1.63. The molecule has 2 amide bonds. The molecule has 3 rings (SSSR count). The number of carboxylic acid groups (broad SMARTS) is 1. The average molecular weight is 379 g/mol. The Morgan fingerprint density at radius 2 is 2.00 bits per heavy atom. The van der Waals surface area contributed by atoms with Gasteiger partial charge in [0.2, 0.25) is 5.91 Å². The summed E-state index contributed by atoms with van der Waals surface area (Å²) in [6, 6.07) is 4.66. The summed E-state index contributed by atoms with van der Waals surface area (Å²) in [5, 5.41) is 11.6. The summed E-state index contributed by atoms with van der Waals surface area (Å²) in [6.07, 6.45) is -1.01. The van der Waals surface area contributed by atoms with Crippen molar-refractivity contribution in [3.63, 3.8) is 0 Å². The minimum absolute atomic E-state index is 0.201. The quantitative estimate of drug-likeness (QED) is 0.762. The Balaban J connectivity index is 1.66. The van der Waals surface area contributed by atoms with Crippen molar-refractivity contribution in [2.24, 2.45) is 0 Å². The highest BCUT2D eigenvalue weighted by atomic mass is 19.1. The number of esters is 1. The fourth-order valence-electron chi connectivity index (χ4n) is 3.44. The molecule has 0 bridgehead atoms. The van der Waals surface area contributed by atoms with Crippen molar-refractivity contribution in [3.8, 4) is 0 Å². The summed E-state index contributed by atoms with van der Waals surface area (Å²) in [7, 11) is 0. The minimum Gasteiger partial charge on any atom is -0.465 e. The van der Waals surface area contributed by atoms with Crippen LogP contribution in [0.5, 0.6) is 0 Å². The zero-order chi connectivity index (χ0) is 19.6. The van der Waals surface area contributed by atoms with Crippen molar-refractivity contribution in [3.05, 3.63) is 29.6 Å². The topological polar surface area (TPSA) is 99.2 Å². The molecule has 0 saturated carbocycles. The maximum atomic E-state index is 14.6. The molecule has 1 aromatic carbocycles. The van der Waals surface area contributed by atoms with Crippen LogP contribution in [-0.2, 0) is 14.3 Å². The number of amides is 2. The van der Waals surface area contributed by atoms with Crippen LogP contribution in [0, 0.1) is 5.82 Å². The number of hydrogen-bond donors (Lipinski definition) is 2. The number of anilines is 1. The van der Waals surface area contributed by atoms with Crippen molar-refractivity contribution in [1.82, 2.24) is 10.2 Å². The van der Waals surface area contributed by atoms with Crippen molar-refractivity contribution in [2.45, 2.75) is 25.4 Å². The molecule has 0 spiro atoms. The molecule has 8 nitrogen and oxygen atoms in total. The summed E-state index contributed by atoms with van der Waals surface area (Å²) in [4.78, 5) is 37.1. The Hall–Kier alpha value is -2.84. The van der Waals surface area contributed by atoms with Crippen LogP contribution in [0.25, 0.3) is 0 Å². The Bertz CT molecular complexity index is 749. The third-order valence-electron chi connectivity index (χ3n) is 4.91. The summed E-state index contributed by atoms with van der Waals surface area (Å²) >= 11 is 0. The van der Waals surface area contributed by atoms with Gasteiger partial charge in [0.1, 0.15) is 11.9 Å². The van der Waals surface area contributed by atoms with Crippen LogP contribution in [0.15, 0.2) is 18.2 Å². The van der Waals surface area contributed by atoms with Gasteiger partial charge in [-0.05, 0) is 17.7 Å². The largest absolute Gasteiger partial charge is 0.465 e. The molecule has 0 aliphatic carbocycles.